The summed E-state index contributed by atoms with van der Waals surface area (Å²) in [6.45, 7) is 12.4. The predicted molar refractivity (Wildman–Crippen MR) is 105 cm³/mol. The van der Waals surface area contributed by atoms with E-state index in [1.807, 2.05) is 6.92 Å². The average Bonchev–Trinajstić information content (AvgIpc) is 2.60. The van der Waals surface area contributed by atoms with E-state index in [9.17, 15) is 9.59 Å². The molecule has 0 aliphatic carbocycles. The minimum absolute atomic E-state index is 0.0606. The molecule has 0 saturated carbocycles. The SMILES string of the molecule is C=CNC(=O)CCC(C)N(C=O)CC(OC)c1ccc(C(C)(C)C)cc1. The van der Waals surface area contributed by atoms with Gasteiger partial charge in [-0.1, -0.05) is 51.6 Å². The molecule has 2 amide bonds. The summed E-state index contributed by atoms with van der Waals surface area (Å²) in [5.41, 5.74) is 2.38. The summed E-state index contributed by atoms with van der Waals surface area (Å²) in [5.74, 6) is -0.0984. The van der Waals surface area contributed by atoms with E-state index in [4.69, 9.17) is 4.74 Å². The highest BCUT2D eigenvalue weighted by Gasteiger charge is 2.20. The Morgan fingerprint density at radius 3 is 2.38 bits per heavy atom. The fourth-order valence-electron chi connectivity index (χ4n) is 2.72. The quantitative estimate of drug-likeness (QED) is 0.649. The molecule has 0 radical (unpaired) electrons. The number of methoxy groups -OCH3 is 1. The molecular weight excluding hydrogens is 328 g/mol. The van der Waals surface area contributed by atoms with Gasteiger partial charge in [0.15, 0.2) is 0 Å². The molecule has 0 heterocycles. The number of ether oxygens (including phenoxy) is 1. The maximum atomic E-state index is 11.6. The van der Waals surface area contributed by atoms with Crippen molar-refractivity contribution in [1.29, 1.82) is 0 Å². The number of carbonyl (C=O) groups is 2. The molecule has 1 aromatic carbocycles. The normalized spacial score (nSPS) is 13.6. The number of benzene rings is 1. The van der Waals surface area contributed by atoms with Crippen LogP contribution < -0.4 is 5.32 Å². The number of rotatable bonds is 10. The lowest BCUT2D eigenvalue weighted by atomic mass is 9.86. The first-order chi connectivity index (χ1) is 12.2. The standard InChI is InChI=1S/C21H32N2O3/c1-7-22-20(25)13-8-16(2)23(15-24)14-19(26-6)17-9-11-18(12-10-17)21(3,4)5/h7,9-12,15-16,19H,1,8,13-14H2,2-6H3,(H,22,25). The number of carbonyl (C=O) groups excluding carboxylic acids is 2. The number of nitrogens with zero attached hydrogens (tertiary/aromatic N) is 1. The van der Waals surface area contributed by atoms with Gasteiger partial charge in [0, 0.05) is 19.6 Å². The van der Waals surface area contributed by atoms with Crippen molar-refractivity contribution < 1.29 is 14.3 Å². The molecular formula is C21H32N2O3. The van der Waals surface area contributed by atoms with Crippen molar-refractivity contribution in [3.8, 4) is 0 Å². The molecule has 0 bridgehead atoms. The topological polar surface area (TPSA) is 58.6 Å². The second kappa shape index (κ2) is 10.1. The Labute approximate surface area is 157 Å². The van der Waals surface area contributed by atoms with Gasteiger partial charge in [0.1, 0.15) is 0 Å². The zero-order valence-corrected chi connectivity index (χ0v) is 16.6. The number of hydrogen-bond donors (Lipinski definition) is 1. The Balaban J connectivity index is 2.75. The van der Waals surface area contributed by atoms with Crippen LogP contribution in [0.3, 0.4) is 0 Å². The van der Waals surface area contributed by atoms with Gasteiger partial charge < -0.3 is 15.0 Å². The number of nitrogens with one attached hydrogen (secondary N) is 1. The second-order valence-electron chi connectivity index (χ2n) is 7.56. The largest absolute Gasteiger partial charge is 0.375 e. The van der Waals surface area contributed by atoms with Crippen molar-refractivity contribution in [2.45, 2.75) is 58.1 Å². The molecule has 0 aliphatic rings. The first-order valence-corrected chi connectivity index (χ1v) is 8.97. The molecule has 0 spiro atoms. The van der Waals surface area contributed by atoms with Gasteiger partial charge in [0.25, 0.3) is 0 Å². The zero-order chi connectivity index (χ0) is 19.7. The summed E-state index contributed by atoms with van der Waals surface area (Å²) in [6.07, 6.45) is 2.91. The maximum Gasteiger partial charge on any atom is 0.223 e. The van der Waals surface area contributed by atoms with E-state index in [0.717, 1.165) is 12.0 Å². The van der Waals surface area contributed by atoms with Crippen LogP contribution in [-0.2, 0) is 19.7 Å². The third-order valence-corrected chi connectivity index (χ3v) is 4.56. The summed E-state index contributed by atoms with van der Waals surface area (Å²) in [5, 5.41) is 2.55. The Bertz CT molecular complexity index is 590. The predicted octanol–water partition coefficient (Wildman–Crippen LogP) is 3.56. The van der Waals surface area contributed by atoms with Crippen molar-refractivity contribution in [1.82, 2.24) is 10.2 Å². The number of hydrogen-bond acceptors (Lipinski definition) is 3. The highest BCUT2D eigenvalue weighted by molar-refractivity contribution is 5.76. The third kappa shape index (κ3) is 6.64. The van der Waals surface area contributed by atoms with Crippen molar-refractivity contribution in [3.05, 3.63) is 48.2 Å². The Kier molecular flexibility index (Phi) is 8.52. The number of amides is 2. The lowest BCUT2D eigenvalue weighted by Gasteiger charge is -2.29. The van der Waals surface area contributed by atoms with E-state index in [1.165, 1.54) is 11.8 Å². The summed E-state index contributed by atoms with van der Waals surface area (Å²) in [4.78, 5) is 24.8. The van der Waals surface area contributed by atoms with Gasteiger partial charge in [0.05, 0.1) is 12.6 Å². The summed E-state index contributed by atoms with van der Waals surface area (Å²) < 4.78 is 5.62. The van der Waals surface area contributed by atoms with E-state index >= 15 is 0 Å². The van der Waals surface area contributed by atoms with Gasteiger partial charge in [-0.3, -0.25) is 9.59 Å². The highest BCUT2D eigenvalue weighted by Crippen LogP contribution is 2.25. The molecule has 5 nitrogen and oxygen atoms in total. The molecule has 2 atom stereocenters. The molecule has 0 saturated heterocycles. The molecule has 0 fully saturated rings. The van der Waals surface area contributed by atoms with Crippen LogP contribution in [0.1, 0.15) is 57.8 Å². The smallest absolute Gasteiger partial charge is 0.223 e. The Hall–Kier alpha value is -2.14. The van der Waals surface area contributed by atoms with Gasteiger partial charge in [-0.2, -0.15) is 0 Å². The Morgan fingerprint density at radius 2 is 1.92 bits per heavy atom. The first-order valence-electron chi connectivity index (χ1n) is 8.97. The molecule has 144 valence electrons. The van der Waals surface area contributed by atoms with E-state index in [0.29, 0.717) is 19.4 Å². The van der Waals surface area contributed by atoms with Crippen LogP contribution >= 0.6 is 0 Å². The molecule has 1 rings (SSSR count). The monoisotopic (exact) mass is 360 g/mol. The van der Waals surface area contributed by atoms with Crippen LogP contribution in [0, 0.1) is 0 Å². The van der Waals surface area contributed by atoms with Crippen LogP contribution in [0.5, 0.6) is 0 Å². The van der Waals surface area contributed by atoms with Crippen molar-refractivity contribution in [2.24, 2.45) is 0 Å². The lowest BCUT2D eigenvalue weighted by molar-refractivity contribution is -0.124. The average molecular weight is 360 g/mol. The van der Waals surface area contributed by atoms with Crippen molar-refractivity contribution in [2.75, 3.05) is 13.7 Å². The van der Waals surface area contributed by atoms with E-state index in [2.05, 4.69) is 56.9 Å². The van der Waals surface area contributed by atoms with Crippen LogP contribution in [0.15, 0.2) is 37.0 Å². The van der Waals surface area contributed by atoms with Crippen molar-refractivity contribution in [3.63, 3.8) is 0 Å². The Morgan fingerprint density at radius 1 is 1.31 bits per heavy atom. The summed E-state index contributed by atoms with van der Waals surface area (Å²) >= 11 is 0. The second-order valence-corrected chi connectivity index (χ2v) is 7.56. The summed E-state index contributed by atoms with van der Waals surface area (Å²) in [6, 6.07) is 8.26. The zero-order valence-electron chi connectivity index (χ0n) is 16.6. The minimum Gasteiger partial charge on any atom is -0.375 e. The van der Waals surface area contributed by atoms with Gasteiger partial charge in [-0.05, 0) is 36.1 Å². The minimum atomic E-state index is -0.210. The van der Waals surface area contributed by atoms with E-state index < -0.39 is 0 Å². The van der Waals surface area contributed by atoms with E-state index in [1.54, 1.807) is 12.0 Å². The van der Waals surface area contributed by atoms with Crippen LogP contribution in [-0.4, -0.2) is 36.9 Å². The molecule has 2 unspecified atom stereocenters. The molecule has 0 aromatic heterocycles. The molecule has 26 heavy (non-hydrogen) atoms. The van der Waals surface area contributed by atoms with Crippen LogP contribution in [0.2, 0.25) is 0 Å². The van der Waals surface area contributed by atoms with E-state index in [-0.39, 0.29) is 23.5 Å². The molecule has 0 aliphatic heterocycles. The highest BCUT2D eigenvalue weighted by atomic mass is 16.5. The third-order valence-electron chi connectivity index (χ3n) is 4.56. The molecule has 5 heteroatoms. The van der Waals surface area contributed by atoms with Gasteiger partial charge in [-0.25, -0.2) is 0 Å². The molecule has 1 aromatic rings. The first kappa shape index (κ1) is 21.9. The fraction of sp³-hybridized carbons (Fsp3) is 0.524. The fourth-order valence-corrected chi connectivity index (χ4v) is 2.72. The van der Waals surface area contributed by atoms with Gasteiger partial charge >= 0.3 is 0 Å². The van der Waals surface area contributed by atoms with Crippen LogP contribution in [0.25, 0.3) is 0 Å². The van der Waals surface area contributed by atoms with Crippen LogP contribution in [0.4, 0.5) is 0 Å². The maximum absolute atomic E-state index is 11.6. The molecule has 1 N–H and O–H groups in total. The van der Waals surface area contributed by atoms with Gasteiger partial charge in [-0.15, -0.1) is 0 Å². The van der Waals surface area contributed by atoms with Crippen molar-refractivity contribution >= 4 is 12.3 Å². The summed E-state index contributed by atoms with van der Waals surface area (Å²) in [7, 11) is 1.65. The lowest BCUT2D eigenvalue weighted by Crippen LogP contribution is -2.36. The van der Waals surface area contributed by atoms with Gasteiger partial charge in [0.2, 0.25) is 12.3 Å².